The van der Waals surface area contributed by atoms with Gasteiger partial charge in [-0.25, -0.2) is 0 Å². The molecule has 0 fully saturated rings. The fraction of sp³-hybridized carbons (Fsp3) is 0.125. The van der Waals surface area contributed by atoms with Crippen molar-refractivity contribution in [2.75, 3.05) is 0 Å². The van der Waals surface area contributed by atoms with Gasteiger partial charge in [-0.15, -0.1) is 0 Å². The first-order valence-electron chi connectivity index (χ1n) is 5.85. The van der Waals surface area contributed by atoms with Crippen LogP contribution < -0.4 is 0 Å². The lowest BCUT2D eigenvalue weighted by atomic mass is 10.0. The van der Waals surface area contributed by atoms with E-state index in [-0.39, 0.29) is 0 Å². The van der Waals surface area contributed by atoms with Crippen LogP contribution in [0.15, 0.2) is 53.0 Å². The van der Waals surface area contributed by atoms with Gasteiger partial charge in [-0.05, 0) is 25.5 Å². The minimum atomic E-state index is 0.957. The smallest absolute Gasteiger partial charge is 0.142 e. The van der Waals surface area contributed by atoms with Crippen molar-refractivity contribution in [1.29, 1.82) is 0 Å². The number of benzene rings is 2. The second kappa shape index (κ2) is 3.77. The summed E-state index contributed by atoms with van der Waals surface area (Å²) < 4.78 is 5.97. The SMILES string of the molecule is C/C=C(\C)c1cccc2c1oc1ccccc12. The molecule has 0 N–H and O–H groups in total. The topological polar surface area (TPSA) is 13.1 Å². The van der Waals surface area contributed by atoms with Gasteiger partial charge in [-0.1, -0.05) is 42.5 Å². The van der Waals surface area contributed by atoms with Crippen LogP contribution in [0.5, 0.6) is 0 Å². The van der Waals surface area contributed by atoms with Crippen molar-refractivity contribution < 1.29 is 4.42 Å². The normalized spacial score (nSPS) is 12.5. The monoisotopic (exact) mass is 222 g/mol. The van der Waals surface area contributed by atoms with Crippen molar-refractivity contribution in [3.8, 4) is 0 Å². The molecule has 3 aromatic rings. The molecule has 1 heterocycles. The zero-order chi connectivity index (χ0) is 11.8. The third-order valence-corrected chi connectivity index (χ3v) is 3.26. The zero-order valence-electron chi connectivity index (χ0n) is 10.0. The van der Waals surface area contributed by atoms with Gasteiger partial charge >= 0.3 is 0 Å². The zero-order valence-corrected chi connectivity index (χ0v) is 10.0. The molecule has 0 aliphatic rings. The summed E-state index contributed by atoms with van der Waals surface area (Å²) in [7, 11) is 0. The molecule has 0 saturated carbocycles. The van der Waals surface area contributed by atoms with Crippen molar-refractivity contribution in [2.24, 2.45) is 0 Å². The lowest BCUT2D eigenvalue weighted by Crippen LogP contribution is -1.79. The lowest BCUT2D eigenvalue weighted by Gasteiger charge is -2.00. The van der Waals surface area contributed by atoms with Crippen LogP contribution in [0.2, 0.25) is 0 Å². The predicted octanol–water partition coefficient (Wildman–Crippen LogP) is 5.01. The maximum atomic E-state index is 5.97. The average Bonchev–Trinajstić information content (AvgIpc) is 2.76. The highest BCUT2D eigenvalue weighted by atomic mass is 16.3. The van der Waals surface area contributed by atoms with Crippen LogP contribution in [0.4, 0.5) is 0 Å². The summed E-state index contributed by atoms with van der Waals surface area (Å²) in [6.45, 7) is 4.17. The van der Waals surface area contributed by atoms with Gasteiger partial charge in [0.25, 0.3) is 0 Å². The predicted molar refractivity (Wildman–Crippen MR) is 73.0 cm³/mol. The van der Waals surface area contributed by atoms with E-state index in [9.17, 15) is 0 Å². The molecule has 1 heteroatoms. The van der Waals surface area contributed by atoms with Gasteiger partial charge in [0, 0.05) is 16.3 Å². The quantitative estimate of drug-likeness (QED) is 0.564. The third kappa shape index (κ3) is 1.47. The third-order valence-electron chi connectivity index (χ3n) is 3.26. The van der Waals surface area contributed by atoms with Crippen LogP contribution in [0.1, 0.15) is 19.4 Å². The summed E-state index contributed by atoms with van der Waals surface area (Å²) in [5.41, 5.74) is 4.37. The Morgan fingerprint density at radius 3 is 2.59 bits per heavy atom. The summed E-state index contributed by atoms with van der Waals surface area (Å²) in [6, 6.07) is 14.5. The lowest BCUT2D eigenvalue weighted by molar-refractivity contribution is 0.667. The summed E-state index contributed by atoms with van der Waals surface area (Å²) in [5, 5.41) is 2.38. The fourth-order valence-electron chi connectivity index (χ4n) is 2.21. The Morgan fingerprint density at radius 2 is 1.76 bits per heavy atom. The van der Waals surface area contributed by atoms with Crippen LogP contribution in [-0.2, 0) is 0 Å². The Balaban J connectivity index is 2.48. The molecule has 0 spiro atoms. The molecular weight excluding hydrogens is 208 g/mol. The largest absolute Gasteiger partial charge is 0.455 e. The molecule has 0 amide bonds. The Kier molecular flexibility index (Phi) is 2.25. The maximum absolute atomic E-state index is 5.97. The number of para-hydroxylation sites is 2. The highest BCUT2D eigenvalue weighted by molar-refractivity contribution is 6.07. The molecular formula is C16H14O. The molecule has 17 heavy (non-hydrogen) atoms. The van der Waals surface area contributed by atoms with E-state index >= 15 is 0 Å². The molecule has 0 aliphatic heterocycles. The molecule has 2 aromatic carbocycles. The number of rotatable bonds is 1. The fourth-order valence-corrected chi connectivity index (χ4v) is 2.21. The maximum Gasteiger partial charge on any atom is 0.142 e. The summed E-state index contributed by atoms with van der Waals surface area (Å²) in [4.78, 5) is 0. The van der Waals surface area contributed by atoms with Crippen LogP contribution in [0, 0.1) is 0 Å². The van der Waals surface area contributed by atoms with E-state index in [4.69, 9.17) is 4.42 Å². The molecule has 0 bridgehead atoms. The van der Waals surface area contributed by atoms with Gasteiger partial charge in [0.2, 0.25) is 0 Å². The van der Waals surface area contributed by atoms with E-state index in [0.717, 1.165) is 11.2 Å². The van der Waals surface area contributed by atoms with Gasteiger partial charge < -0.3 is 4.42 Å². The Morgan fingerprint density at radius 1 is 1.00 bits per heavy atom. The number of fused-ring (bicyclic) bond motifs is 3. The van der Waals surface area contributed by atoms with E-state index < -0.39 is 0 Å². The second-order valence-electron chi connectivity index (χ2n) is 4.25. The molecule has 84 valence electrons. The van der Waals surface area contributed by atoms with Crippen molar-refractivity contribution in [1.82, 2.24) is 0 Å². The second-order valence-corrected chi connectivity index (χ2v) is 4.25. The standard InChI is InChI=1S/C16H14O/c1-3-11(2)12-8-6-9-14-13-7-4-5-10-15(13)17-16(12)14/h3-10H,1-2H3/b11-3+. The van der Waals surface area contributed by atoms with E-state index in [2.05, 4.69) is 44.2 Å². The molecule has 0 saturated heterocycles. The average molecular weight is 222 g/mol. The number of hydrogen-bond acceptors (Lipinski definition) is 1. The van der Waals surface area contributed by atoms with Crippen molar-refractivity contribution in [3.63, 3.8) is 0 Å². The van der Waals surface area contributed by atoms with Gasteiger partial charge in [0.05, 0.1) is 0 Å². The molecule has 0 atom stereocenters. The molecule has 0 unspecified atom stereocenters. The van der Waals surface area contributed by atoms with Gasteiger partial charge in [-0.2, -0.15) is 0 Å². The first kappa shape index (κ1) is 10.2. The van der Waals surface area contributed by atoms with Crippen LogP contribution >= 0.6 is 0 Å². The molecule has 1 aromatic heterocycles. The molecule has 0 radical (unpaired) electrons. The van der Waals surface area contributed by atoms with Crippen LogP contribution in [0.3, 0.4) is 0 Å². The Labute approximate surface area is 100 Å². The van der Waals surface area contributed by atoms with Crippen molar-refractivity contribution in [3.05, 3.63) is 54.1 Å². The van der Waals surface area contributed by atoms with Crippen LogP contribution in [-0.4, -0.2) is 0 Å². The minimum Gasteiger partial charge on any atom is -0.455 e. The van der Waals surface area contributed by atoms with E-state index in [0.29, 0.717) is 0 Å². The number of furan rings is 1. The van der Waals surface area contributed by atoms with Gasteiger partial charge in [-0.3, -0.25) is 0 Å². The Bertz CT molecular complexity index is 717. The van der Waals surface area contributed by atoms with Crippen molar-refractivity contribution in [2.45, 2.75) is 13.8 Å². The highest BCUT2D eigenvalue weighted by Gasteiger charge is 2.10. The van der Waals surface area contributed by atoms with Gasteiger partial charge in [0.15, 0.2) is 0 Å². The summed E-state index contributed by atoms with van der Waals surface area (Å²) >= 11 is 0. The summed E-state index contributed by atoms with van der Waals surface area (Å²) in [6.07, 6.45) is 2.11. The molecule has 0 aliphatic carbocycles. The van der Waals surface area contributed by atoms with Crippen LogP contribution in [0.25, 0.3) is 27.5 Å². The van der Waals surface area contributed by atoms with E-state index in [1.54, 1.807) is 0 Å². The summed E-state index contributed by atoms with van der Waals surface area (Å²) in [5.74, 6) is 0. The minimum absolute atomic E-state index is 0.957. The first-order valence-corrected chi connectivity index (χ1v) is 5.85. The van der Waals surface area contributed by atoms with E-state index in [1.807, 2.05) is 18.2 Å². The van der Waals surface area contributed by atoms with Crippen molar-refractivity contribution >= 4 is 27.5 Å². The Hall–Kier alpha value is -2.02. The molecule has 3 rings (SSSR count). The highest BCUT2D eigenvalue weighted by Crippen LogP contribution is 2.33. The van der Waals surface area contributed by atoms with Gasteiger partial charge in [0.1, 0.15) is 11.2 Å². The van der Waals surface area contributed by atoms with E-state index in [1.165, 1.54) is 21.9 Å². The number of hydrogen-bond donors (Lipinski definition) is 0. The molecule has 1 nitrogen and oxygen atoms in total. The number of allylic oxidation sites excluding steroid dienone is 2. The first-order chi connectivity index (χ1) is 8.31.